The predicted molar refractivity (Wildman–Crippen MR) is 89.0 cm³/mol. The number of carboxylic acid groups (broad SMARTS) is 1. The van der Waals surface area contributed by atoms with Gasteiger partial charge >= 0.3 is 29.6 Å². The molecule has 0 heterocycles. The molecule has 0 aliphatic rings. The van der Waals surface area contributed by atoms with E-state index >= 15 is 0 Å². The summed E-state index contributed by atoms with van der Waals surface area (Å²) in [6.07, 6.45) is 19.5. The van der Waals surface area contributed by atoms with Crippen molar-refractivity contribution in [2.24, 2.45) is 5.92 Å². The molecule has 0 unspecified atom stereocenters. The van der Waals surface area contributed by atoms with Crippen molar-refractivity contribution < 1.29 is 39.5 Å². The van der Waals surface area contributed by atoms with Gasteiger partial charge in [0.1, 0.15) is 0 Å². The molecule has 0 aliphatic heterocycles. The standard InChI is InChI=1S/C19H36O2.Na/c1-18(2)16-14-12-10-8-6-4-3-5-7-9-11-13-15-17-19(20)21;/h3-4,18H,5-17H2,1-2H3,(H,20,21);/q;+1/p-1/b4-3-;. The number of carbonyl (C=O) groups excluding carboxylic acids is 1. The molecule has 22 heavy (non-hydrogen) atoms. The van der Waals surface area contributed by atoms with E-state index in [0.29, 0.717) is 0 Å². The fourth-order valence-electron chi connectivity index (χ4n) is 2.47. The zero-order chi connectivity index (χ0) is 15.8. The maximum absolute atomic E-state index is 10.2. The van der Waals surface area contributed by atoms with Gasteiger partial charge in [-0.1, -0.05) is 70.9 Å². The molecule has 0 saturated carbocycles. The number of unbranched alkanes of at least 4 members (excludes halogenated alkanes) is 9. The van der Waals surface area contributed by atoms with Crippen LogP contribution in [0.1, 0.15) is 97.3 Å². The van der Waals surface area contributed by atoms with Crippen LogP contribution in [-0.2, 0) is 4.79 Å². The molecule has 0 aromatic carbocycles. The van der Waals surface area contributed by atoms with Gasteiger partial charge in [0.05, 0.1) is 0 Å². The van der Waals surface area contributed by atoms with E-state index < -0.39 is 5.97 Å². The summed E-state index contributed by atoms with van der Waals surface area (Å²) in [4.78, 5) is 10.2. The Morgan fingerprint density at radius 3 is 1.77 bits per heavy atom. The summed E-state index contributed by atoms with van der Waals surface area (Å²) in [7, 11) is 0. The first-order chi connectivity index (χ1) is 10.1. The van der Waals surface area contributed by atoms with Crippen molar-refractivity contribution in [2.45, 2.75) is 97.3 Å². The second-order valence-electron chi connectivity index (χ2n) is 6.54. The molecule has 0 spiro atoms. The van der Waals surface area contributed by atoms with Crippen LogP contribution in [0.2, 0.25) is 0 Å². The summed E-state index contributed by atoms with van der Waals surface area (Å²) in [5, 5.41) is 10.2. The molecule has 3 heteroatoms. The van der Waals surface area contributed by atoms with Crippen LogP contribution in [0.4, 0.5) is 0 Å². The van der Waals surface area contributed by atoms with Crippen LogP contribution in [0.25, 0.3) is 0 Å². The van der Waals surface area contributed by atoms with Crippen molar-refractivity contribution in [1.29, 1.82) is 0 Å². The normalized spacial score (nSPS) is 11.0. The summed E-state index contributed by atoms with van der Waals surface area (Å²) in [6, 6.07) is 0. The van der Waals surface area contributed by atoms with Gasteiger partial charge < -0.3 is 9.90 Å². The SMILES string of the molecule is CC(C)CCCCCC/C=C\CCCCCCCC(=O)[O-].[Na+]. The van der Waals surface area contributed by atoms with Crippen molar-refractivity contribution in [3.63, 3.8) is 0 Å². The average Bonchev–Trinajstić information content (AvgIpc) is 2.42. The molecule has 0 aromatic heterocycles. The minimum atomic E-state index is -0.915. The van der Waals surface area contributed by atoms with Crippen molar-refractivity contribution in [2.75, 3.05) is 0 Å². The molecule has 124 valence electrons. The van der Waals surface area contributed by atoms with Crippen LogP contribution in [0.15, 0.2) is 12.2 Å². The monoisotopic (exact) mass is 318 g/mol. The van der Waals surface area contributed by atoms with Gasteiger partial charge in [-0.05, 0) is 44.4 Å². The Labute approximate surface area is 160 Å². The molecule has 0 atom stereocenters. The van der Waals surface area contributed by atoms with Crippen molar-refractivity contribution in [1.82, 2.24) is 0 Å². The molecule has 0 radical (unpaired) electrons. The third-order valence-corrected chi connectivity index (χ3v) is 3.82. The minimum absolute atomic E-state index is 0. The van der Waals surface area contributed by atoms with E-state index in [1.54, 1.807) is 0 Å². The van der Waals surface area contributed by atoms with Gasteiger partial charge in [-0.15, -0.1) is 0 Å². The van der Waals surface area contributed by atoms with E-state index in [-0.39, 0.29) is 36.0 Å². The molecule has 0 bridgehead atoms. The van der Waals surface area contributed by atoms with Crippen LogP contribution >= 0.6 is 0 Å². The first kappa shape index (κ1) is 24.5. The average molecular weight is 318 g/mol. The Bertz CT molecular complexity index is 262. The largest absolute Gasteiger partial charge is 1.00 e. The van der Waals surface area contributed by atoms with E-state index in [1.165, 1.54) is 57.8 Å². The van der Waals surface area contributed by atoms with Crippen molar-refractivity contribution in [3.05, 3.63) is 12.2 Å². The quantitative estimate of drug-likeness (QED) is 0.263. The first-order valence-electron chi connectivity index (χ1n) is 8.97. The van der Waals surface area contributed by atoms with Crippen molar-refractivity contribution in [3.8, 4) is 0 Å². The maximum atomic E-state index is 10.2. The molecule has 0 saturated heterocycles. The zero-order valence-corrected chi connectivity index (χ0v) is 17.2. The smallest absolute Gasteiger partial charge is 0.550 e. The summed E-state index contributed by atoms with van der Waals surface area (Å²) in [5.41, 5.74) is 0. The first-order valence-corrected chi connectivity index (χ1v) is 8.97. The third kappa shape index (κ3) is 22.5. The minimum Gasteiger partial charge on any atom is -0.550 e. The molecule has 0 aliphatic carbocycles. The zero-order valence-electron chi connectivity index (χ0n) is 15.2. The summed E-state index contributed by atoms with van der Waals surface area (Å²) < 4.78 is 0. The number of aliphatic carboxylic acids is 1. The molecule has 0 rings (SSSR count). The Hall–Kier alpha value is 0.210. The van der Waals surface area contributed by atoms with Gasteiger partial charge in [-0.3, -0.25) is 0 Å². The van der Waals surface area contributed by atoms with Crippen molar-refractivity contribution >= 4 is 5.97 Å². The molecular weight excluding hydrogens is 283 g/mol. The van der Waals surface area contributed by atoms with E-state index in [4.69, 9.17) is 0 Å². The summed E-state index contributed by atoms with van der Waals surface area (Å²) >= 11 is 0. The van der Waals surface area contributed by atoms with E-state index in [2.05, 4.69) is 26.0 Å². The van der Waals surface area contributed by atoms with Gasteiger partial charge in [0.15, 0.2) is 0 Å². The van der Waals surface area contributed by atoms with Crippen LogP contribution in [0, 0.1) is 5.92 Å². The van der Waals surface area contributed by atoms with Gasteiger partial charge in [-0.2, -0.15) is 0 Å². The second-order valence-corrected chi connectivity index (χ2v) is 6.54. The number of allylic oxidation sites excluding steroid dienone is 2. The predicted octanol–water partition coefficient (Wildman–Crippen LogP) is 2.02. The Morgan fingerprint density at radius 2 is 1.27 bits per heavy atom. The van der Waals surface area contributed by atoms with Gasteiger partial charge in [0.25, 0.3) is 0 Å². The molecule has 2 nitrogen and oxygen atoms in total. The van der Waals surface area contributed by atoms with E-state index in [9.17, 15) is 9.90 Å². The summed E-state index contributed by atoms with van der Waals surface area (Å²) in [5.74, 6) is -0.0622. The Morgan fingerprint density at radius 1 is 0.818 bits per heavy atom. The van der Waals surface area contributed by atoms with Crippen LogP contribution < -0.4 is 34.7 Å². The van der Waals surface area contributed by atoms with Crippen LogP contribution in [-0.4, -0.2) is 5.97 Å². The molecule has 0 N–H and O–H groups in total. The number of hydrogen-bond donors (Lipinski definition) is 0. The second kappa shape index (κ2) is 19.3. The van der Waals surface area contributed by atoms with Crippen LogP contribution in [0.3, 0.4) is 0 Å². The fourth-order valence-corrected chi connectivity index (χ4v) is 2.47. The van der Waals surface area contributed by atoms with Gasteiger partial charge in [-0.25, -0.2) is 0 Å². The maximum Gasteiger partial charge on any atom is 1.00 e. The molecule has 0 aromatic rings. The molecule has 0 amide bonds. The summed E-state index contributed by atoms with van der Waals surface area (Å²) in [6.45, 7) is 4.60. The fraction of sp³-hybridized carbons (Fsp3) is 0.842. The molecule has 0 fully saturated rings. The number of carbonyl (C=O) groups is 1. The number of rotatable bonds is 15. The topological polar surface area (TPSA) is 40.1 Å². The van der Waals surface area contributed by atoms with E-state index in [0.717, 1.165) is 25.2 Å². The third-order valence-electron chi connectivity index (χ3n) is 3.82. The van der Waals surface area contributed by atoms with Crippen LogP contribution in [0.5, 0.6) is 0 Å². The van der Waals surface area contributed by atoms with E-state index in [1.807, 2.05) is 0 Å². The Balaban J connectivity index is 0. The number of hydrogen-bond acceptors (Lipinski definition) is 2. The van der Waals surface area contributed by atoms with Gasteiger partial charge in [0.2, 0.25) is 0 Å². The number of carboxylic acids is 1. The van der Waals surface area contributed by atoms with Gasteiger partial charge in [0, 0.05) is 5.97 Å². The Kier molecular flexibility index (Phi) is 21.4. The molecular formula is C19H35NaO2.